The van der Waals surface area contributed by atoms with Crippen LogP contribution in [0.2, 0.25) is 0 Å². The Kier molecular flexibility index (Phi) is 11.9. The van der Waals surface area contributed by atoms with Crippen molar-refractivity contribution in [3.63, 3.8) is 0 Å². The van der Waals surface area contributed by atoms with Crippen LogP contribution in [0.4, 0.5) is 0 Å². The first-order valence-corrected chi connectivity index (χ1v) is 15.9. The van der Waals surface area contributed by atoms with E-state index >= 15 is 0 Å². The minimum Gasteiger partial charge on any atom is -0.261 e. The van der Waals surface area contributed by atoms with Crippen LogP contribution in [0, 0.1) is 0 Å². The predicted molar refractivity (Wildman–Crippen MR) is 167 cm³/mol. The van der Waals surface area contributed by atoms with Gasteiger partial charge in [0.05, 0.1) is 0 Å². The summed E-state index contributed by atoms with van der Waals surface area (Å²) in [6, 6.07) is 13.8. The van der Waals surface area contributed by atoms with Gasteiger partial charge in [-0.05, 0) is 59.4 Å². The smallest absolute Gasteiger partial charge is 0.0410 e. The van der Waals surface area contributed by atoms with E-state index < -0.39 is 0 Å². The Morgan fingerprint density at radius 2 is 0.789 bits per heavy atom. The van der Waals surface area contributed by atoms with Gasteiger partial charge in [-0.25, -0.2) is 0 Å². The number of unbranched alkanes of at least 4 members (excludes halogenated alkanes) is 14. The van der Waals surface area contributed by atoms with Gasteiger partial charge in [0.1, 0.15) is 0 Å². The molecule has 0 spiro atoms. The first-order valence-electron chi connectivity index (χ1n) is 15.9. The molecule has 2 heterocycles. The molecule has 2 heteroatoms. The number of aryl methyl sites for hydroxylation is 2. The summed E-state index contributed by atoms with van der Waals surface area (Å²) in [6.07, 6.45) is 28.1. The highest BCUT2D eigenvalue weighted by molar-refractivity contribution is 6.16. The third-order valence-corrected chi connectivity index (χ3v) is 8.29. The van der Waals surface area contributed by atoms with Crippen LogP contribution in [0.15, 0.2) is 48.8 Å². The largest absolute Gasteiger partial charge is 0.261 e. The van der Waals surface area contributed by atoms with Gasteiger partial charge in [0, 0.05) is 34.6 Å². The van der Waals surface area contributed by atoms with Crippen LogP contribution in [0.25, 0.3) is 32.3 Å². The zero-order chi connectivity index (χ0) is 26.4. The summed E-state index contributed by atoms with van der Waals surface area (Å²) in [4.78, 5) is 9.73. The van der Waals surface area contributed by atoms with Crippen molar-refractivity contribution >= 4 is 32.3 Å². The molecule has 0 saturated heterocycles. The molecule has 0 atom stereocenters. The Bertz CT molecular complexity index is 1160. The topological polar surface area (TPSA) is 25.8 Å². The number of pyridine rings is 2. The summed E-state index contributed by atoms with van der Waals surface area (Å²) in [5.74, 6) is 0. The van der Waals surface area contributed by atoms with Gasteiger partial charge in [0.25, 0.3) is 0 Å². The van der Waals surface area contributed by atoms with Gasteiger partial charge in [-0.1, -0.05) is 128 Å². The highest BCUT2D eigenvalue weighted by Gasteiger charge is 2.08. The first-order chi connectivity index (χ1) is 18.8. The van der Waals surface area contributed by atoms with Crippen LogP contribution < -0.4 is 0 Å². The summed E-state index contributed by atoms with van der Waals surface area (Å²) in [5, 5.41) is 7.71. The van der Waals surface area contributed by atoms with Gasteiger partial charge in [-0.3, -0.25) is 9.97 Å². The lowest BCUT2D eigenvalue weighted by atomic mass is 9.97. The highest BCUT2D eigenvalue weighted by atomic mass is 14.7. The van der Waals surface area contributed by atoms with Crippen LogP contribution in [0.3, 0.4) is 0 Å². The minimum atomic E-state index is 1.09. The number of rotatable bonds is 18. The average Bonchev–Trinajstić information content (AvgIpc) is 2.95. The Morgan fingerprint density at radius 3 is 1.18 bits per heavy atom. The zero-order valence-corrected chi connectivity index (χ0v) is 24.2. The van der Waals surface area contributed by atoms with E-state index in [1.807, 2.05) is 0 Å². The molecule has 0 radical (unpaired) electrons. The second kappa shape index (κ2) is 15.8. The molecule has 0 saturated carbocycles. The molecule has 0 amide bonds. The molecule has 0 N–H and O–H groups in total. The molecule has 0 aliphatic heterocycles. The number of aromatic nitrogens is 2. The molecule has 4 rings (SSSR count). The van der Waals surface area contributed by atoms with Crippen molar-refractivity contribution in [2.75, 3.05) is 0 Å². The van der Waals surface area contributed by atoms with Crippen LogP contribution in [-0.4, -0.2) is 9.97 Å². The second-order valence-corrected chi connectivity index (χ2v) is 11.5. The molecule has 0 aliphatic rings. The Hall–Kier alpha value is -2.48. The summed E-state index contributed by atoms with van der Waals surface area (Å²) >= 11 is 0. The molecule has 4 aromatic rings. The molecule has 204 valence electrons. The second-order valence-electron chi connectivity index (χ2n) is 11.5. The third-order valence-electron chi connectivity index (χ3n) is 8.29. The maximum Gasteiger partial charge on any atom is 0.0410 e. The maximum absolute atomic E-state index is 4.86. The quantitative estimate of drug-likeness (QED) is 0.0982. The number of benzene rings is 2. The molecule has 0 bridgehead atoms. The molecule has 0 fully saturated rings. The van der Waals surface area contributed by atoms with Gasteiger partial charge in [0.2, 0.25) is 0 Å². The van der Waals surface area contributed by atoms with Crippen molar-refractivity contribution in [1.29, 1.82) is 0 Å². The van der Waals surface area contributed by atoms with Crippen molar-refractivity contribution in [1.82, 2.24) is 9.97 Å². The molecular formula is C36H50N2. The summed E-state index contributed by atoms with van der Waals surface area (Å²) in [5.41, 5.74) is 2.46. The van der Waals surface area contributed by atoms with E-state index in [-0.39, 0.29) is 0 Å². The Morgan fingerprint density at radius 1 is 0.421 bits per heavy atom. The van der Waals surface area contributed by atoms with Gasteiger partial charge in [-0.15, -0.1) is 0 Å². The number of hydrogen-bond acceptors (Lipinski definition) is 2. The zero-order valence-electron chi connectivity index (χ0n) is 24.2. The molecule has 2 aromatic carbocycles. The van der Waals surface area contributed by atoms with Gasteiger partial charge in [0.15, 0.2) is 0 Å². The van der Waals surface area contributed by atoms with Crippen molar-refractivity contribution in [2.24, 2.45) is 0 Å². The van der Waals surface area contributed by atoms with E-state index in [9.17, 15) is 0 Å². The normalized spacial score (nSPS) is 11.7. The standard InChI is InChI=1S/C36H50N2/c1-3-5-7-9-11-13-15-17-19-31-25-29-21-23-34-33(35(29)27-37-31)24-22-30-26-32(38-28-36(30)34)20-18-16-14-12-10-8-6-4-2/h21-28H,3-20H2,1-2H3. The molecule has 2 nitrogen and oxygen atoms in total. The number of fused-ring (bicyclic) bond motifs is 5. The average molecular weight is 511 g/mol. The van der Waals surface area contributed by atoms with Crippen LogP contribution in [0.1, 0.15) is 128 Å². The number of hydrogen-bond donors (Lipinski definition) is 0. The van der Waals surface area contributed by atoms with Gasteiger partial charge >= 0.3 is 0 Å². The fourth-order valence-electron chi connectivity index (χ4n) is 5.91. The summed E-state index contributed by atoms with van der Waals surface area (Å²) < 4.78 is 0. The van der Waals surface area contributed by atoms with Crippen LogP contribution >= 0.6 is 0 Å². The fraction of sp³-hybridized carbons (Fsp3) is 0.556. The molecule has 0 unspecified atom stereocenters. The summed E-state index contributed by atoms with van der Waals surface area (Å²) in [7, 11) is 0. The van der Waals surface area contributed by atoms with E-state index in [1.54, 1.807) is 0 Å². The lowest BCUT2D eigenvalue weighted by molar-refractivity contribution is 0.574. The van der Waals surface area contributed by atoms with E-state index in [4.69, 9.17) is 9.97 Å². The molecular weight excluding hydrogens is 460 g/mol. The lowest BCUT2D eigenvalue weighted by Crippen LogP contribution is -1.93. The van der Waals surface area contributed by atoms with E-state index in [2.05, 4.69) is 62.6 Å². The monoisotopic (exact) mass is 510 g/mol. The van der Waals surface area contributed by atoms with E-state index in [1.165, 1.54) is 146 Å². The fourth-order valence-corrected chi connectivity index (χ4v) is 5.91. The van der Waals surface area contributed by atoms with Crippen molar-refractivity contribution in [3.8, 4) is 0 Å². The SMILES string of the molecule is CCCCCCCCCCc1cc2ccc3c4cnc(CCCCCCCCCC)cc4ccc3c2cn1. The Balaban J connectivity index is 1.33. The van der Waals surface area contributed by atoms with Crippen molar-refractivity contribution in [3.05, 3.63) is 60.2 Å². The predicted octanol–water partition coefficient (Wildman–Crippen LogP) is 11.3. The maximum atomic E-state index is 4.86. The lowest BCUT2D eigenvalue weighted by Gasteiger charge is -2.10. The van der Waals surface area contributed by atoms with Crippen molar-refractivity contribution in [2.45, 2.75) is 129 Å². The van der Waals surface area contributed by atoms with Crippen molar-refractivity contribution < 1.29 is 0 Å². The van der Waals surface area contributed by atoms with E-state index in [0.29, 0.717) is 0 Å². The molecule has 2 aromatic heterocycles. The Labute approximate surface area is 231 Å². The highest BCUT2D eigenvalue weighted by Crippen LogP contribution is 2.31. The van der Waals surface area contributed by atoms with E-state index in [0.717, 1.165) is 12.8 Å². The summed E-state index contributed by atoms with van der Waals surface area (Å²) in [6.45, 7) is 4.57. The molecule has 0 aliphatic carbocycles. The number of nitrogens with zero attached hydrogens (tertiary/aromatic N) is 2. The van der Waals surface area contributed by atoms with Crippen LogP contribution in [0.5, 0.6) is 0 Å². The van der Waals surface area contributed by atoms with Gasteiger partial charge in [-0.2, -0.15) is 0 Å². The van der Waals surface area contributed by atoms with Crippen LogP contribution in [-0.2, 0) is 12.8 Å². The first kappa shape index (κ1) is 28.5. The molecule has 38 heavy (non-hydrogen) atoms. The third kappa shape index (κ3) is 8.26. The van der Waals surface area contributed by atoms with Gasteiger partial charge < -0.3 is 0 Å². The minimum absolute atomic E-state index is 1.09.